The molecule has 0 fully saturated rings. The minimum Gasteiger partial charge on any atom is -0.491 e. The molecule has 1 atom stereocenters. The zero-order chi connectivity index (χ0) is 20.7. The third kappa shape index (κ3) is 5.31. The minimum absolute atomic E-state index is 0.0774. The lowest BCUT2D eigenvalue weighted by atomic mass is 10.1. The van der Waals surface area contributed by atoms with Crippen molar-refractivity contribution in [1.82, 2.24) is 20.3 Å². The van der Waals surface area contributed by atoms with Crippen LogP contribution in [0.1, 0.15) is 63.1 Å². The van der Waals surface area contributed by atoms with Gasteiger partial charge in [-0.2, -0.15) is 0 Å². The molecule has 0 spiro atoms. The molecule has 28 heavy (non-hydrogen) atoms. The van der Waals surface area contributed by atoms with Gasteiger partial charge in [0.25, 0.3) is 5.91 Å². The van der Waals surface area contributed by atoms with Crippen molar-refractivity contribution in [1.29, 1.82) is 0 Å². The number of rotatable bonds is 10. The first-order valence-corrected chi connectivity index (χ1v) is 9.62. The summed E-state index contributed by atoms with van der Waals surface area (Å²) in [6, 6.07) is 6.42. The molecule has 2 rings (SSSR count). The fraction of sp³-hybridized carbons (Fsp3) is 0.500. The van der Waals surface area contributed by atoms with Crippen molar-refractivity contribution < 1.29 is 19.4 Å². The van der Waals surface area contributed by atoms with Gasteiger partial charge in [-0.25, -0.2) is 9.48 Å². The van der Waals surface area contributed by atoms with E-state index in [9.17, 15) is 14.7 Å². The van der Waals surface area contributed by atoms with Crippen LogP contribution in [0.4, 0.5) is 0 Å². The lowest BCUT2D eigenvalue weighted by Gasteiger charge is -2.14. The fourth-order valence-corrected chi connectivity index (χ4v) is 2.83. The third-order valence-corrected chi connectivity index (χ3v) is 4.22. The summed E-state index contributed by atoms with van der Waals surface area (Å²) in [7, 11) is 0. The summed E-state index contributed by atoms with van der Waals surface area (Å²) in [4.78, 5) is 24.0. The zero-order valence-electron chi connectivity index (χ0n) is 16.8. The van der Waals surface area contributed by atoms with E-state index < -0.39 is 17.9 Å². The van der Waals surface area contributed by atoms with Gasteiger partial charge < -0.3 is 15.2 Å². The van der Waals surface area contributed by atoms with Gasteiger partial charge in [0.2, 0.25) is 0 Å². The van der Waals surface area contributed by atoms with Crippen LogP contribution in [0.25, 0.3) is 5.69 Å². The number of nitrogens with one attached hydrogen (secondary N) is 1. The molecule has 0 unspecified atom stereocenters. The molecular formula is C20H28N4O4. The van der Waals surface area contributed by atoms with E-state index in [1.54, 1.807) is 4.68 Å². The zero-order valence-corrected chi connectivity index (χ0v) is 16.8. The first-order valence-electron chi connectivity index (χ1n) is 9.62. The number of hydrogen-bond donors (Lipinski definition) is 2. The Morgan fingerprint density at radius 3 is 2.43 bits per heavy atom. The van der Waals surface area contributed by atoms with E-state index in [4.69, 9.17) is 4.74 Å². The molecule has 0 aliphatic rings. The molecule has 1 amide bonds. The van der Waals surface area contributed by atoms with Crippen LogP contribution in [0.2, 0.25) is 0 Å². The molecule has 1 aromatic carbocycles. The lowest BCUT2D eigenvalue weighted by Crippen LogP contribution is -2.41. The molecule has 0 saturated carbocycles. The molecule has 152 valence electrons. The van der Waals surface area contributed by atoms with Gasteiger partial charge in [-0.05, 0) is 51.0 Å². The molecule has 1 heterocycles. The van der Waals surface area contributed by atoms with Crippen LogP contribution in [0, 0.1) is 0 Å². The summed E-state index contributed by atoms with van der Waals surface area (Å²) in [5, 5.41) is 20.0. The van der Waals surface area contributed by atoms with Crippen molar-refractivity contribution in [2.45, 2.75) is 65.5 Å². The molecular weight excluding hydrogens is 360 g/mol. The SMILES string of the molecule is CCCC[C@H](NC(=O)c1nnn(-c2ccc(OC(C)C)cc2)c1CC)C(=O)O. The second-order valence-electron chi connectivity index (χ2n) is 6.82. The van der Waals surface area contributed by atoms with E-state index in [1.807, 2.05) is 52.0 Å². The first kappa shape index (κ1) is 21.4. The van der Waals surface area contributed by atoms with Crippen LogP contribution in [0.5, 0.6) is 5.75 Å². The Morgan fingerprint density at radius 1 is 1.21 bits per heavy atom. The number of carboxylic acids is 1. The van der Waals surface area contributed by atoms with Crippen LogP contribution < -0.4 is 10.1 Å². The van der Waals surface area contributed by atoms with Crippen LogP contribution in [-0.2, 0) is 11.2 Å². The largest absolute Gasteiger partial charge is 0.491 e. The van der Waals surface area contributed by atoms with Crippen molar-refractivity contribution in [2.75, 3.05) is 0 Å². The van der Waals surface area contributed by atoms with Gasteiger partial charge in [-0.1, -0.05) is 31.9 Å². The summed E-state index contributed by atoms with van der Waals surface area (Å²) >= 11 is 0. The molecule has 0 bridgehead atoms. The van der Waals surface area contributed by atoms with Gasteiger partial charge in [0.1, 0.15) is 11.8 Å². The highest BCUT2D eigenvalue weighted by Gasteiger charge is 2.25. The number of carboxylic acid groups (broad SMARTS) is 1. The Kier molecular flexibility index (Phi) is 7.54. The Morgan fingerprint density at radius 2 is 1.89 bits per heavy atom. The second kappa shape index (κ2) is 9.87. The Labute approximate surface area is 164 Å². The number of benzene rings is 1. The number of carbonyl (C=O) groups excluding carboxylic acids is 1. The Balaban J connectivity index is 2.22. The van der Waals surface area contributed by atoms with Gasteiger partial charge in [0, 0.05) is 0 Å². The minimum atomic E-state index is -1.05. The Bertz CT molecular complexity index is 799. The van der Waals surface area contributed by atoms with Crippen molar-refractivity contribution >= 4 is 11.9 Å². The molecule has 2 aromatic rings. The molecule has 0 radical (unpaired) electrons. The summed E-state index contributed by atoms with van der Waals surface area (Å²) in [5.41, 5.74) is 1.52. The number of unbranched alkanes of at least 4 members (excludes halogenated alkanes) is 1. The van der Waals surface area contributed by atoms with E-state index in [0.717, 1.165) is 24.3 Å². The number of hydrogen-bond acceptors (Lipinski definition) is 5. The molecule has 8 nitrogen and oxygen atoms in total. The topological polar surface area (TPSA) is 106 Å². The van der Waals surface area contributed by atoms with Crippen molar-refractivity contribution in [3.05, 3.63) is 35.7 Å². The van der Waals surface area contributed by atoms with E-state index in [0.29, 0.717) is 18.5 Å². The number of aromatic nitrogens is 3. The monoisotopic (exact) mass is 388 g/mol. The highest BCUT2D eigenvalue weighted by Crippen LogP contribution is 2.19. The standard InChI is InChI=1S/C20H28N4O4/c1-5-7-8-16(20(26)27)21-19(25)18-17(6-2)24(23-22-18)14-9-11-15(12-10-14)28-13(3)4/h9-13,16H,5-8H2,1-4H3,(H,21,25)(H,26,27)/t16-/m0/s1. The summed E-state index contributed by atoms with van der Waals surface area (Å²) < 4.78 is 7.23. The van der Waals surface area contributed by atoms with Crippen molar-refractivity contribution in [2.24, 2.45) is 0 Å². The normalized spacial score (nSPS) is 12.0. The van der Waals surface area contributed by atoms with E-state index >= 15 is 0 Å². The van der Waals surface area contributed by atoms with Gasteiger partial charge in [0.05, 0.1) is 17.5 Å². The predicted molar refractivity (Wildman–Crippen MR) is 105 cm³/mol. The molecule has 8 heteroatoms. The number of aliphatic carboxylic acids is 1. The number of amides is 1. The average Bonchev–Trinajstić information content (AvgIpc) is 3.09. The van der Waals surface area contributed by atoms with Crippen molar-refractivity contribution in [3.63, 3.8) is 0 Å². The van der Waals surface area contributed by atoms with E-state index in [1.165, 1.54) is 0 Å². The maximum absolute atomic E-state index is 12.6. The maximum Gasteiger partial charge on any atom is 0.326 e. The van der Waals surface area contributed by atoms with Gasteiger partial charge in [0.15, 0.2) is 5.69 Å². The van der Waals surface area contributed by atoms with Crippen LogP contribution in [0.3, 0.4) is 0 Å². The average molecular weight is 388 g/mol. The number of ether oxygens (including phenoxy) is 1. The molecule has 2 N–H and O–H groups in total. The first-order chi connectivity index (χ1) is 13.4. The highest BCUT2D eigenvalue weighted by molar-refractivity contribution is 5.95. The van der Waals surface area contributed by atoms with Crippen LogP contribution >= 0.6 is 0 Å². The molecule has 1 aromatic heterocycles. The van der Waals surface area contributed by atoms with E-state index in [-0.39, 0.29) is 11.8 Å². The highest BCUT2D eigenvalue weighted by atomic mass is 16.5. The predicted octanol–water partition coefficient (Wildman–Crippen LogP) is 2.99. The quantitative estimate of drug-likeness (QED) is 0.648. The Hall–Kier alpha value is -2.90. The van der Waals surface area contributed by atoms with Crippen LogP contribution in [0.15, 0.2) is 24.3 Å². The third-order valence-electron chi connectivity index (χ3n) is 4.22. The van der Waals surface area contributed by atoms with Crippen LogP contribution in [-0.4, -0.2) is 44.1 Å². The maximum atomic E-state index is 12.6. The summed E-state index contributed by atoms with van der Waals surface area (Å²) in [6.45, 7) is 7.78. The van der Waals surface area contributed by atoms with E-state index in [2.05, 4.69) is 15.6 Å². The fourth-order valence-electron chi connectivity index (χ4n) is 2.83. The lowest BCUT2D eigenvalue weighted by molar-refractivity contribution is -0.139. The number of nitrogens with zero attached hydrogens (tertiary/aromatic N) is 3. The molecule has 0 saturated heterocycles. The molecule has 0 aliphatic heterocycles. The summed E-state index contributed by atoms with van der Waals surface area (Å²) in [6.07, 6.45) is 2.55. The summed E-state index contributed by atoms with van der Waals surface area (Å²) in [5.74, 6) is -0.825. The van der Waals surface area contributed by atoms with Gasteiger partial charge in [-0.15, -0.1) is 5.10 Å². The smallest absolute Gasteiger partial charge is 0.326 e. The second-order valence-corrected chi connectivity index (χ2v) is 6.82. The molecule has 0 aliphatic carbocycles. The van der Waals surface area contributed by atoms with Gasteiger partial charge in [-0.3, -0.25) is 4.79 Å². The van der Waals surface area contributed by atoms with Gasteiger partial charge >= 0.3 is 5.97 Å². The number of carbonyl (C=O) groups is 2. The van der Waals surface area contributed by atoms with Crippen molar-refractivity contribution in [3.8, 4) is 11.4 Å².